The van der Waals surface area contributed by atoms with Crippen LogP contribution >= 0.6 is 0 Å². The molecule has 0 aliphatic heterocycles. The first-order valence-electron chi connectivity index (χ1n) is 3.71. The van der Waals surface area contributed by atoms with Crippen molar-refractivity contribution >= 4 is 5.97 Å². The van der Waals surface area contributed by atoms with Crippen LogP contribution in [0.4, 0.5) is 0 Å². The minimum absolute atomic E-state index is 0.225. The second kappa shape index (κ2) is 4.90. The van der Waals surface area contributed by atoms with E-state index in [0.29, 0.717) is 6.42 Å². The van der Waals surface area contributed by atoms with Crippen LogP contribution in [-0.4, -0.2) is 27.6 Å². The highest BCUT2D eigenvalue weighted by molar-refractivity contribution is 5.85. The van der Waals surface area contributed by atoms with E-state index in [-0.39, 0.29) is 11.5 Å². The Labute approximate surface area is 71.1 Å². The lowest BCUT2D eigenvalue weighted by Gasteiger charge is -2.10. The predicted octanol–water partition coefficient (Wildman–Crippen LogP) is 0.354. The van der Waals surface area contributed by atoms with E-state index in [4.69, 9.17) is 15.3 Å². The van der Waals surface area contributed by atoms with Crippen molar-refractivity contribution in [2.24, 2.45) is 5.92 Å². The van der Waals surface area contributed by atoms with Gasteiger partial charge in [-0.15, -0.1) is 0 Å². The fourth-order valence-corrected chi connectivity index (χ4v) is 0.572. The van der Waals surface area contributed by atoms with Gasteiger partial charge in [0.2, 0.25) is 0 Å². The molecule has 4 nitrogen and oxygen atoms in total. The summed E-state index contributed by atoms with van der Waals surface area (Å²) in [5.74, 6) is -1.31. The highest BCUT2D eigenvalue weighted by Crippen LogP contribution is 2.08. The summed E-state index contributed by atoms with van der Waals surface area (Å²) in [7, 11) is 0. The summed E-state index contributed by atoms with van der Waals surface area (Å²) in [4.78, 5) is 10.3. The molecule has 0 aliphatic carbocycles. The molecule has 0 saturated carbocycles. The van der Waals surface area contributed by atoms with Crippen LogP contribution in [0.25, 0.3) is 0 Å². The van der Waals surface area contributed by atoms with Crippen molar-refractivity contribution < 1.29 is 20.1 Å². The number of rotatable bonds is 4. The van der Waals surface area contributed by atoms with E-state index in [1.807, 2.05) is 0 Å². The first kappa shape index (κ1) is 11.1. The van der Waals surface area contributed by atoms with Gasteiger partial charge in [0.25, 0.3) is 0 Å². The first-order valence-corrected chi connectivity index (χ1v) is 3.71. The van der Waals surface area contributed by atoms with Crippen molar-refractivity contribution in [2.45, 2.75) is 26.6 Å². The number of carboxylic acid groups (broad SMARTS) is 1. The Morgan fingerprint density at radius 1 is 1.50 bits per heavy atom. The minimum Gasteiger partial charge on any atom is -0.478 e. The van der Waals surface area contributed by atoms with E-state index in [2.05, 4.69) is 0 Å². The standard InChI is InChI=1S/C8H14O4/c1-5(7(9)10)3-4-6(2)8(11)12/h3,6,8,11-12H,4H2,1-2H3,(H,9,10). The molecule has 0 amide bonds. The Balaban J connectivity index is 3.96. The number of aliphatic carboxylic acids is 1. The molecule has 0 aromatic heterocycles. The third-order valence-corrected chi connectivity index (χ3v) is 1.64. The number of carbonyl (C=O) groups is 1. The topological polar surface area (TPSA) is 77.8 Å². The van der Waals surface area contributed by atoms with E-state index in [0.717, 1.165) is 0 Å². The molecule has 1 atom stereocenters. The number of aliphatic hydroxyl groups is 2. The zero-order chi connectivity index (χ0) is 9.72. The molecule has 70 valence electrons. The van der Waals surface area contributed by atoms with Crippen molar-refractivity contribution in [1.82, 2.24) is 0 Å². The zero-order valence-corrected chi connectivity index (χ0v) is 7.19. The average Bonchev–Trinajstić information content (AvgIpc) is 1.98. The monoisotopic (exact) mass is 174 g/mol. The summed E-state index contributed by atoms with van der Waals surface area (Å²) < 4.78 is 0. The van der Waals surface area contributed by atoms with Crippen LogP contribution in [0.15, 0.2) is 11.6 Å². The molecule has 0 aromatic carbocycles. The van der Waals surface area contributed by atoms with Crippen LogP contribution in [-0.2, 0) is 4.79 Å². The molecule has 12 heavy (non-hydrogen) atoms. The van der Waals surface area contributed by atoms with Crippen LogP contribution in [0.1, 0.15) is 20.3 Å². The summed E-state index contributed by atoms with van der Waals surface area (Å²) >= 11 is 0. The number of aliphatic hydroxyl groups excluding tert-OH is 1. The maximum Gasteiger partial charge on any atom is 0.330 e. The third-order valence-electron chi connectivity index (χ3n) is 1.64. The Bertz CT molecular complexity index is 183. The maximum absolute atomic E-state index is 10.3. The molecule has 3 N–H and O–H groups in total. The van der Waals surface area contributed by atoms with Gasteiger partial charge in [0.1, 0.15) is 0 Å². The quantitative estimate of drug-likeness (QED) is 0.424. The minimum atomic E-state index is -1.39. The second-order valence-electron chi connectivity index (χ2n) is 2.82. The molecule has 0 bridgehead atoms. The van der Waals surface area contributed by atoms with Gasteiger partial charge in [0, 0.05) is 11.5 Å². The fraction of sp³-hybridized carbons (Fsp3) is 0.625. The Kier molecular flexibility index (Phi) is 4.54. The Morgan fingerprint density at radius 3 is 2.33 bits per heavy atom. The first-order chi connectivity index (χ1) is 5.45. The molecule has 0 radical (unpaired) electrons. The molecule has 0 saturated heterocycles. The third kappa shape index (κ3) is 4.10. The van der Waals surface area contributed by atoms with Crippen molar-refractivity contribution in [3.63, 3.8) is 0 Å². The SMILES string of the molecule is CC(=CCC(C)C(O)O)C(=O)O. The van der Waals surface area contributed by atoms with Crippen molar-refractivity contribution in [1.29, 1.82) is 0 Å². The Hall–Kier alpha value is -0.870. The summed E-state index contributed by atoms with van der Waals surface area (Å²) in [5.41, 5.74) is 0.225. The van der Waals surface area contributed by atoms with Crippen LogP contribution < -0.4 is 0 Å². The summed E-state index contributed by atoms with van der Waals surface area (Å²) in [6, 6.07) is 0. The lowest BCUT2D eigenvalue weighted by Crippen LogP contribution is -2.15. The highest BCUT2D eigenvalue weighted by Gasteiger charge is 2.09. The van der Waals surface area contributed by atoms with Crippen LogP contribution in [0, 0.1) is 5.92 Å². The second-order valence-corrected chi connectivity index (χ2v) is 2.82. The van der Waals surface area contributed by atoms with Gasteiger partial charge in [-0.05, 0) is 13.3 Å². The predicted molar refractivity (Wildman–Crippen MR) is 43.4 cm³/mol. The molecule has 1 unspecified atom stereocenters. The van der Waals surface area contributed by atoms with Gasteiger partial charge in [0.05, 0.1) is 0 Å². The van der Waals surface area contributed by atoms with Gasteiger partial charge in [0.15, 0.2) is 6.29 Å². The van der Waals surface area contributed by atoms with Gasteiger partial charge >= 0.3 is 5.97 Å². The van der Waals surface area contributed by atoms with Gasteiger partial charge < -0.3 is 15.3 Å². The number of allylic oxidation sites excluding steroid dienone is 1. The lowest BCUT2D eigenvalue weighted by atomic mass is 10.1. The molecule has 0 rings (SSSR count). The molecule has 0 aliphatic rings. The average molecular weight is 174 g/mol. The maximum atomic E-state index is 10.3. The molecule has 0 spiro atoms. The van der Waals surface area contributed by atoms with Gasteiger partial charge in [-0.3, -0.25) is 0 Å². The lowest BCUT2D eigenvalue weighted by molar-refractivity contribution is -0.132. The largest absolute Gasteiger partial charge is 0.478 e. The van der Waals surface area contributed by atoms with Crippen molar-refractivity contribution in [3.8, 4) is 0 Å². The van der Waals surface area contributed by atoms with Crippen LogP contribution in [0.5, 0.6) is 0 Å². The molecule has 0 fully saturated rings. The smallest absolute Gasteiger partial charge is 0.330 e. The zero-order valence-electron chi connectivity index (χ0n) is 7.19. The van der Waals surface area contributed by atoms with Crippen LogP contribution in [0.3, 0.4) is 0 Å². The normalized spacial score (nSPS) is 14.9. The number of carboxylic acids is 1. The van der Waals surface area contributed by atoms with Crippen LogP contribution in [0.2, 0.25) is 0 Å². The number of hydrogen-bond acceptors (Lipinski definition) is 3. The molecular formula is C8H14O4. The molecular weight excluding hydrogens is 160 g/mol. The summed E-state index contributed by atoms with van der Waals surface area (Å²) in [6.07, 6.45) is 0.449. The highest BCUT2D eigenvalue weighted by atomic mass is 16.5. The molecule has 4 heteroatoms. The van der Waals surface area contributed by atoms with Crippen molar-refractivity contribution in [2.75, 3.05) is 0 Å². The van der Waals surface area contributed by atoms with E-state index >= 15 is 0 Å². The van der Waals surface area contributed by atoms with Gasteiger partial charge in [-0.25, -0.2) is 4.79 Å². The molecule has 0 heterocycles. The van der Waals surface area contributed by atoms with Gasteiger partial charge in [-0.2, -0.15) is 0 Å². The van der Waals surface area contributed by atoms with E-state index < -0.39 is 12.3 Å². The Morgan fingerprint density at radius 2 is 2.00 bits per heavy atom. The molecule has 0 aromatic rings. The fourth-order valence-electron chi connectivity index (χ4n) is 0.572. The van der Waals surface area contributed by atoms with Crippen molar-refractivity contribution in [3.05, 3.63) is 11.6 Å². The van der Waals surface area contributed by atoms with E-state index in [1.54, 1.807) is 6.92 Å². The summed E-state index contributed by atoms with van der Waals surface area (Å²) in [6.45, 7) is 3.11. The summed E-state index contributed by atoms with van der Waals surface area (Å²) in [5, 5.41) is 25.7. The number of hydrogen-bond donors (Lipinski definition) is 3. The van der Waals surface area contributed by atoms with E-state index in [9.17, 15) is 4.79 Å². The van der Waals surface area contributed by atoms with Gasteiger partial charge in [-0.1, -0.05) is 13.0 Å². The van der Waals surface area contributed by atoms with E-state index in [1.165, 1.54) is 13.0 Å².